The van der Waals surface area contributed by atoms with Crippen molar-refractivity contribution in [3.8, 4) is 23.0 Å². The molecule has 4 aromatic carbocycles. The number of carbonyl (C=O) groups is 2. The number of nitro benzene ring substituents is 1. The molecule has 0 aromatic heterocycles. The Kier molecular flexibility index (Phi) is 16.6. The maximum atomic E-state index is 15.1. The first-order chi connectivity index (χ1) is 33.1. The van der Waals surface area contributed by atoms with Crippen LogP contribution in [0.15, 0.2) is 120 Å². The lowest BCUT2D eigenvalue weighted by Gasteiger charge is -2.60. The third kappa shape index (κ3) is 10.9. The molecule has 3 aliphatic rings. The Hall–Kier alpha value is -6.68. The molecule has 4 aromatic rings. The topological polar surface area (TPSA) is 179 Å². The van der Waals surface area contributed by atoms with E-state index in [9.17, 15) is 29.5 Å². The van der Waals surface area contributed by atoms with Crippen molar-refractivity contribution in [1.82, 2.24) is 4.90 Å². The van der Waals surface area contributed by atoms with Crippen molar-refractivity contribution in [2.45, 2.75) is 76.2 Å². The van der Waals surface area contributed by atoms with Gasteiger partial charge in [-0.3, -0.25) is 19.7 Å². The lowest BCUT2D eigenvalue weighted by atomic mass is 9.55. The van der Waals surface area contributed by atoms with E-state index in [0.717, 1.165) is 24.0 Å². The van der Waals surface area contributed by atoms with Crippen LogP contribution in [0.25, 0.3) is 6.08 Å². The van der Waals surface area contributed by atoms with Gasteiger partial charge in [0.2, 0.25) is 11.7 Å². The first-order valence-corrected chi connectivity index (χ1v) is 23.1. The Balaban J connectivity index is 1.44. The normalized spacial score (nSPS) is 22.0. The summed E-state index contributed by atoms with van der Waals surface area (Å²) in [5.74, 6) is -1.75. The summed E-state index contributed by atoms with van der Waals surface area (Å²) in [5, 5.41) is 36.1. The van der Waals surface area contributed by atoms with Gasteiger partial charge in [-0.15, -0.1) is 6.58 Å². The van der Waals surface area contributed by atoms with E-state index in [1.807, 2.05) is 19.1 Å². The third-order valence-electron chi connectivity index (χ3n) is 13.0. The Labute approximate surface area is 395 Å². The van der Waals surface area contributed by atoms with E-state index in [4.69, 9.17) is 28.9 Å². The standard InChI is InChI=1S/C53H58FN3O11/c1-4-28-65-53-49(56(33-36-12-17-39(54)18-13-36)50(61)25-16-35-14-19-40(20-15-35)57(62)63)32-46(55-66-5-2)44-30-37(10-6-8-26-58)43(11-7-9-27-59)51(52(44)53)45-31-42(22-24-48(45)68-53)67-41-21-23-47(64-3)38(29-41)34-60/h4,12-25,29-31,34,37,43,49,51-52,58-59H,1,5-11,26-28,32-33H2,2-3H3/t37-,43+,49-,51+,52+,53+/m0/s1. The van der Waals surface area contributed by atoms with Gasteiger partial charge in [-0.05, 0) is 128 Å². The minimum absolute atomic E-state index is 0.00325. The van der Waals surface area contributed by atoms with Crippen molar-refractivity contribution in [3.05, 3.63) is 153 Å². The maximum Gasteiger partial charge on any atom is 0.269 e. The minimum atomic E-state index is -1.59. The van der Waals surface area contributed by atoms with E-state index in [1.165, 1.54) is 37.5 Å². The highest BCUT2D eigenvalue weighted by atomic mass is 19.1. The smallest absolute Gasteiger partial charge is 0.269 e. The molecule has 2 aliphatic carbocycles. The molecule has 15 heteroatoms. The molecule has 14 nitrogen and oxygen atoms in total. The summed E-state index contributed by atoms with van der Waals surface area (Å²) < 4.78 is 40.7. The minimum Gasteiger partial charge on any atom is -0.496 e. The summed E-state index contributed by atoms with van der Waals surface area (Å²) in [4.78, 5) is 45.5. The number of ether oxygens (including phenoxy) is 4. The molecule has 1 fully saturated rings. The van der Waals surface area contributed by atoms with Gasteiger partial charge in [0.15, 0.2) is 6.29 Å². The summed E-state index contributed by atoms with van der Waals surface area (Å²) in [6.45, 7) is 6.22. The molecule has 358 valence electrons. The van der Waals surface area contributed by atoms with Gasteiger partial charge in [0.25, 0.3) is 5.69 Å². The number of unbranched alkanes of at least 4 members (excludes halogenated alkanes) is 2. The fourth-order valence-corrected chi connectivity index (χ4v) is 9.96. The second-order valence-electron chi connectivity index (χ2n) is 17.1. The van der Waals surface area contributed by atoms with Gasteiger partial charge in [-0.25, -0.2) is 4.39 Å². The average molecular weight is 932 g/mol. The van der Waals surface area contributed by atoms with Gasteiger partial charge in [-0.2, -0.15) is 0 Å². The predicted molar refractivity (Wildman–Crippen MR) is 254 cm³/mol. The number of hydrogen-bond acceptors (Lipinski definition) is 12. The molecular formula is C53H58FN3O11. The van der Waals surface area contributed by atoms with Crippen molar-refractivity contribution in [2.75, 3.05) is 33.5 Å². The molecule has 6 atom stereocenters. The summed E-state index contributed by atoms with van der Waals surface area (Å²) in [7, 11) is 1.49. The number of fused-ring (bicyclic) bond motifs is 2. The molecular weight excluding hydrogens is 874 g/mol. The van der Waals surface area contributed by atoms with Crippen LogP contribution in [0, 0.1) is 33.7 Å². The second kappa shape index (κ2) is 22.9. The molecule has 1 aliphatic heterocycles. The summed E-state index contributed by atoms with van der Waals surface area (Å²) in [6.07, 6.45) is 11.8. The first-order valence-electron chi connectivity index (χ1n) is 23.1. The highest BCUT2D eigenvalue weighted by Crippen LogP contribution is 2.62. The SMILES string of the molecule is C=CCO[C@@]12Oc3ccc(Oc4ccc(OC)c(C=O)c4)cc3[C@H]3[C@H](CCCCO)[C@@H](CCCCO)C=C(C(=NOCC)C[C@@H]1N(Cc1ccc(F)cc1)C(=O)C=Cc1ccc([N+](=O)[O-])cc1)[C@H]32. The number of methoxy groups -OCH3 is 1. The molecule has 1 saturated carbocycles. The first kappa shape index (κ1) is 49.2. The summed E-state index contributed by atoms with van der Waals surface area (Å²) in [5.41, 5.74) is 3.69. The van der Waals surface area contributed by atoms with Crippen molar-refractivity contribution < 1.29 is 52.9 Å². The number of rotatable bonds is 23. The van der Waals surface area contributed by atoms with Crippen molar-refractivity contribution >= 4 is 29.7 Å². The molecule has 0 unspecified atom stereocenters. The van der Waals surface area contributed by atoms with Crippen LogP contribution in [0.3, 0.4) is 0 Å². The van der Waals surface area contributed by atoms with E-state index in [0.29, 0.717) is 77.4 Å². The van der Waals surface area contributed by atoms with E-state index < -0.39 is 34.4 Å². The maximum absolute atomic E-state index is 15.1. The quantitative estimate of drug-likeness (QED) is 0.0181. The fraction of sp³-hybridized carbons (Fsp3) is 0.377. The zero-order valence-corrected chi connectivity index (χ0v) is 38.3. The van der Waals surface area contributed by atoms with Crippen LogP contribution >= 0.6 is 0 Å². The number of halogens is 1. The zero-order valence-electron chi connectivity index (χ0n) is 38.3. The number of nitrogens with zero attached hydrogens (tertiary/aromatic N) is 3. The fourth-order valence-electron chi connectivity index (χ4n) is 9.96. The Bertz CT molecular complexity index is 2510. The van der Waals surface area contributed by atoms with Crippen molar-refractivity contribution in [1.29, 1.82) is 0 Å². The molecule has 0 saturated heterocycles. The van der Waals surface area contributed by atoms with E-state index in [1.54, 1.807) is 65.6 Å². The molecule has 1 heterocycles. The Morgan fingerprint density at radius 1 is 1.00 bits per heavy atom. The molecule has 0 radical (unpaired) electrons. The van der Waals surface area contributed by atoms with E-state index in [2.05, 4.69) is 12.7 Å². The number of carbonyl (C=O) groups excluding carboxylic acids is 2. The van der Waals surface area contributed by atoms with Crippen molar-refractivity contribution in [2.24, 2.45) is 22.9 Å². The van der Waals surface area contributed by atoms with E-state index in [-0.39, 0.29) is 62.8 Å². The number of benzene rings is 4. The number of allylic oxidation sites excluding steroid dienone is 1. The monoisotopic (exact) mass is 931 g/mol. The number of hydrogen-bond donors (Lipinski definition) is 2. The number of oxime groups is 1. The molecule has 0 spiro atoms. The van der Waals surface area contributed by atoms with Crippen LogP contribution in [0.4, 0.5) is 10.1 Å². The van der Waals surface area contributed by atoms with Crippen LogP contribution in [-0.4, -0.2) is 83.3 Å². The zero-order chi connectivity index (χ0) is 48.2. The largest absolute Gasteiger partial charge is 0.496 e. The van der Waals surface area contributed by atoms with Crippen molar-refractivity contribution in [3.63, 3.8) is 0 Å². The summed E-state index contributed by atoms with van der Waals surface area (Å²) in [6, 6.07) is 21.4. The van der Waals surface area contributed by atoms with Crippen LogP contribution in [0.5, 0.6) is 23.0 Å². The number of aldehydes is 1. The predicted octanol–water partition coefficient (Wildman–Crippen LogP) is 9.74. The molecule has 1 amide bonds. The molecule has 7 rings (SSSR count). The van der Waals surface area contributed by atoms with Gasteiger partial charge in [0.05, 0.1) is 35.8 Å². The van der Waals surface area contributed by atoms with E-state index >= 15 is 4.79 Å². The third-order valence-corrected chi connectivity index (χ3v) is 13.0. The average Bonchev–Trinajstić information content (AvgIpc) is 3.35. The highest BCUT2D eigenvalue weighted by molar-refractivity contribution is 6.03. The van der Waals surface area contributed by atoms with Crippen LogP contribution in [-0.2, 0) is 20.9 Å². The number of non-ortho nitro benzene ring substituents is 1. The second-order valence-corrected chi connectivity index (χ2v) is 17.1. The van der Waals surface area contributed by atoms with Gasteiger partial charge in [0, 0.05) is 55.9 Å². The molecule has 68 heavy (non-hydrogen) atoms. The lowest BCUT2D eigenvalue weighted by molar-refractivity contribution is -0.384. The van der Waals surface area contributed by atoms with Gasteiger partial charge >= 0.3 is 0 Å². The number of amides is 1. The highest BCUT2D eigenvalue weighted by Gasteiger charge is 2.65. The number of aliphatic hydroxyl groups is 2. The Morgan fingerprint density at radius 3 is 2.40 bits per heavy atom. The van der Waals surface area contributed by atoms with Crippen LogP contribution < -0.4 is 14.2 Å². The van der Waals surface area contributed by atoms with Gasteiger partial charge in [-0.1, -0.05) is 42.3 Å². The van der Waals surface area contributed by atoms with Crippen LogP contribution in [0.1, 0.15) is 84.8 Å². The molecule has 0 bridgehead atoms. The van der Waals surface area contributed by atoms with Crippen LogP contribution in [0.2, 0.25) is 0 Å². The van der Waals surface area contributed by atoms with Gasteiger partial charge < -0.3 is 38.9 Å². The number of aliphatic hydroxyl groups excluding tert-OH is 2. The summed E-state index contributed by atoms with van der Waals surface area (Å²) >= 11 is 0. The Morgan fingerprint density at radius 2 is 1.72 bits per heavy atom. The van der Waals surface area contributed by atoms with Gasteiger partial charge in [0.1, 0.15) is 41.5 Å². The number of nitro groups is 1. The lowest BCUT2D eigenvalue weighted by Crippen LogP contribution is -2.70. The molecule has 2 N–H and O–H groups in total.